The molecule has 0 bridgehead atoms. The van der Waals surface area contributed by atoms with Gasteiger partial charge in [0.25, 0.3) is 5.91 Å². The highest BCUT2D eigenvalue weighted by Gasteiger charge is 2.47. The van der Waals surface area contributed by atoms with Crippen LogP contribution >= 0.6 is 36.4 Å². The van der Waals surface area contributed by atoms with Gasteiger partial charge in [-0.15, -0.1) is 24.8 Å². The number of fused-ring (bicyclic) bond motifs is 2. The molecule has 1 amide bonds. The van der Waals surface area contributed by atoms with Crippen molar-refractivity contribution >= 4 is 48.0 Å². The van der Waals surface area contributed by atoms with Gasteiger partial charge in [0.1, 0.15) is 24.8 Å². The van der Waals surface area contributed by atoms with Crippen molar-refractivity contribution in [3.05, 3.63) is 35.2 Å². The molecule has 4 heterocycles. The Morgan fingerprint density at radius 3 is 2.70 bits per heavy atom. The van der Waals surface area contributed by atoms with E-state index in [0.717, 1.165) is 17.7 Å². The van der Waals surface area contributed by atoms with Crippen LogP contribution in [0.15, 0.2) is 24.7 Å². The Labute approximate surface area is 152 Å². The summed E-state index contributed by atoms with van der Waals surface area (Å²) in [6, 6.07) is 2.29. The standard InChI is InChI=1S/C15H17ClN4O.2ClH/c16-11-9-13(14-17-5-6-19(14)10-11)15(21)18-20-7-1-3-12(20)4-2-8-20;;/h5-6,9-10,12H,1-4,7-8H2;2*1H/p+1. The number of hydrogen-bond acceptors (Lipinski definition) is 2. The van der Waals surface area contributed by atoms with Crippen LogP contribution in [-0.4, -0.2) is 39.0 Å². The fraction of sp³-hybridized carbons (Fsp3) is 0.467. The van der Waals surface area contributed by atoms with Crippen LogP contribution < -0.4 is 5.43 Å². The van der Waals surface area contributed by atoms with E-state index in [1.807, 2.05) is 0 Å². The fourth-order valence-corrected chi connectivity index (χ4v) is 4.18. The number of carbonyl (C=O) groups excluding carboxylic acids is 1. The quantitative estimate of drug-likeness (QED) is 0.815. The van der Waals surface area contributed by atoms with E-state index in [-0.39, 0.29) is 30.7 Å². The molecule has 0 spiro atoms. The molecular weight excluding hydrogens is 359 g/mol. The van der Waals surface area contributed by atoms with Crippen LogP contribution in [0.5, 0.6) is 0 Å². The number of pyridine rings is 1. The third-order valence-electron chi connectivity index (χ3n) is 4.91. The van der Waals surface area contributed by atoms with Gasteiger partial charge in [-0.25, -0.2) is 9.58 Å². The van der Waals surface area contributed by atoms with Gasteiger partial charge in [0.05, 0.1) is 10.6 Å². The number of nitrogens with one attached hydrogen (secondary N) is 1. The van der Waals surface area contributed by atoms with E-state index < -0.39 is 0 Å². The second kappa shape index (κ2) is 6.85. The zero-order valence-electron chi connectivity index (χ0n) is 12.6. The Morgan fingerprint density at radius 2 is 2.00 bits per heavy atom. The van der Waals surface area contributed by atoms with Gasteiger partial charge < -0.3 is 4.40 Å². The molecule has 2 aliphatic rings. The highest BCUT2D eigenvalue weighted by molar-refractivity contribution is 6.31. The van der Waals surface area contributed by atoms with Crippen molar-refractivity contribution in [3.8, 4) is 0 Å². The van der Waals surface area contributed by atoms with Crippen molar-refractivity contribution < 1.29 is 9.39 Å². The molecule has 2 aromatic rings. The molecule has 0 atom stereocenters. The first-order valence-electron chi connectivity index (χ1n) is 7.50. The van der Waals surface area contributed by atoms with Crippen LogP contribution in [0.25, 0.3) is 5.65 Å². The van der Waals surface area contributed by atoms with Gasteiger partial charge in [0, 0.05) is 44.3 Å². The summed E-state index contributed by atoms with van der Waals surface area (Å²) in [5.41, 5.74) is 4.48. The topological polar surface area (TPSA) is 46.4 Å². The molecule has 0 radical (unpaired) electrons. The minimum absolute atomic E-state index is 0. The highest BCUT2D eigenvalue weighted by atomic mass is 35.5. The summed E-state index contributed by atoms with van der Waals surface area (Å²) < 4.78 is 2.54. The molecule has 2 saturated heterocycles. The maximum absolute atomic E-state index is 12.8. The van der Waals surface area contributed by atoms with Crippen LogP contribution in [0.4, 0.5) is 0 Å². The molecule has 2 aromatic heterocycles. The predicted molar refractivity (Wildman–Crippen MR) is 94.4 cm³/mol. The molecule has 2 fully saturated rings. The van der Waals surface area contributed by atoms with Crippen molar-refractivity contribution in [2.75, 3.05) is 13.1 Å². The number of nitrogens with zero attached hydrogens (tertiary/aromatic N) is 3. The first kappa shape index (κ1) is 18.3. The lowest BCUT2D eigenvalue weighted by molar-refractivity contribution is -0.960. The number of quaternary nitrogens is 1. The SMILES string of the molecule is Cl.Cl.O=C(N[N+]12CCCC1CCC2)c1cc(Cl)cn2ccnc12. The van der Waals surface area contributed by atoms with E-state index >= 15 is 0 Å². The molecule has 2 aliphatic heterocycles. The van der Waals surface area contributed by atoms with Gasteiger partial charge >= 0.3 is 0 Å². The minimum Gasteiger partial charge on any atom is -0.305 e. The predicted octanol–water partition coefficient (Wildman–Crippen LogP) is 3.25. The maximum Gasteiger partial charge on any atom is 0.299 e. The van der Waals surface area contributed by atoms with E-state index in [1.54, 1.807) is 29.1 Å². The summed E-state index contributed by atoms with van der Waals surface area (Å²) >= 11 is 6.12. The average molecular weight is 379 g/mol. The van der Waals surface area contributed by atoms with Crippen molar-refractivity contribution in [2.45, 2.75) is 31.7 Å². The van der Waals surface area contributed by atoms with Crippen molar-refractivity contribution in [2.24, 2.45) is 0 Å². The van der Waals surface area contributed by atoms with E-state index in [1.165, 1.54) is 25.7 Å². The lowest BCUT2D eigenvalue weighted by Crippen LogP contribution is -2.60. The molecule has 0 aliphatic carbocycles. The summed E-state index contributed by atoms with van der Waals surface area (Å²) in [5, 5.41) is 0.546. The van der Waals surface area contributed by atoms with Gasteiger partial charge in [0.15, 0.2) is 0 Å². The summed E-state index contributed by atoms with van der Waals surface area (Å²) in [6.45, 7) is 2.09. The third kappa shape index (κ3) is 3.03. The molecule has 126 valence electrons. The Morgan fingerprint density at radius 1 is 1.30 bits per heavy atom. The number of hydrogen-bond donors (Lipinski definition) is 1. The number of imidazole rings is 1. The van der Waals surface area contributed by atoms with Crippen LogP contribution in [0.1, 0.15) is 36.0 Å². The molecule has 23 heavy (non-hydrogen) atoms. The number of rotatable bonds is 2. The molecule has 0 unspecified atom stereocenters. The minimum atomic E-state index is -0.0671. The van der Waals surface area contributed by atoms with Crippen LogP contribution in [-0.2, 0) is 0 Å². The average Bonchev–Trinajstić information content (AvgIpc) is 3.11. The van der Waals surface area contributed by atoms with E-state index in [2.05, 4.69) is 10.4 Å². The van der Waals surface area contributed by atoms with Crippen molar-refractivity contribution in [3.63, 3.8) is 0 Å². The van der Waals surface area contributed by atoms with Gasteiger partial charge in [-0.05, 0) is 6.07 Å². The van der Waals surface area contributed by atoms with Gasteiger partial charge in [-0.3, -0.25) is 4.79 Å². The zero-order chi connectivity index (χ0) is 14.4. The van der Waals surface area contributed by atoms with Crippen LogP contribution in [0.3, 0.4) is 0 Å². The van der Waals surface area contributed by atoms with E-state index in [9.17, 15) is 4.79 Å². The van der Waals surface area contributed by atoms with Crippen molar-refractivity contribution in [1.82, 2.24) is 14.8 Å². The molecule has 5 nitrogen and oxygen atoms in total. The summed E-state index contributed by atoms with van der Waals surface area (Å²) in [6.07, 6.45) is 10.1. The molecule has 0 aromatic carbocycles. The summed E-state index contributed by atoms with van der Waals surface area (Å²) in [7, 11) is 0. The largest absolute Gasteiger partial charge is 0.305 e. The molecule has 0 saturated carbocycles. The van der Waals surface area contributed by atoms with Crippen molar-refractivity contribution in [1.29, 1.82) is 0 Å². The van der Waals surface area contributed by atoms with Crippen LogP contribution in [0.2, 0.25) is 5.02 Å². The fourth-order valence-electron chi connectivity index (χ4n) is 3.96. The highest BCUT2D eigenvalue weighted by Crippen LogP contribution is 2.34. The molecule has 8 heteroatoms. The number of carbonyl (C=O) groups is 1. The Balaban J connectivity index is 0.000000960. The lowest BCUT2D eigenvalue weighted by Gasteiger charge is -2.33. The maximum atomic E-state index is 12.8. The Bertz CT molecular complexity index is 708. The van der Waals surface area contributed by atoms with Crippen LogP contribution in [0, 0.1) is 0 Å². The Hall–Kier alpha value is -1.01. The van der Waals surface area contributed by atoms with Gasteiger partial charge in [-0.2, -0.15) is 5.43 Å². The van der Waals surface area contributed by atoms with Gasteiger partial charge in [-0.1, -0.05) is 11.6 Å². The molecule has 4 rings (SSSR count). The normalized spacial score (nSPS) is 25.5. The number of halogens is 3. The molecule has 1 N–H and O–H groups in total. The monoisotopic (exact) mass is 377 g/mol. The number of aromatic nitrogens is 2. The first-order chi connectivity index (χ1) is 10.2. The smallest absolute Gasteiger partial charge is 0.299 e. The first-order valence-corrected chi connectivity index (χ1v) is 7.87. The summed E-state index contributed by atoms with van der Waals surface area (Å²) in [4.78, 5) is 17.0. The van der Waals surface area contributed by atoms with E-state index in [0.29, 0.717) is 22.3 Å². The second-order valence-corrected chi connectivity index (χ2v) is 6.53. The lowest BCUT2D eigenvalue weighted by atomic mass is 10.2. The second-order valence-electron chi connectivity index (χ2n) is 6.09. The Kier molecular flexibility index (Phi) is 5.46. The van der Waals surface area contributed by atoms with E-state index in [4.69, 9.17) is 11.6 Å². The number of amides is 1. The molecular formula is C15H20Cl3N4O+. The zero-order valence-corrected chi connectivity index (χ0v) is 15.0. The third-order valence-corrected chi connectivity index (χ3v) is 5.12. The summed E-state index contributed by atoms with van der Waals surface area (Å²) in [5.74, 6) is -0.0671. The van der Waals surface area contributed by atoms with Gasteiger partial charge in [0.2, 0.25) is 0 Å².